The van der Waals surface area contributed by atoms with Crippen LogP contribution in [0.1, 0.15) is 66.7 Å². The highest BCUT2D eigenvalue weighted by molar-refractivity contribution is 4.77. The van der Waals surface area contributed by atoms with Gasteiger partial charge in [-0.3, -0.25) is 0 Å². The summed E-state index contributed by atoms with van der Waals surface area (Å²) in [7, 11) is 1.78. The Morgan fingerprint density at radius 2 is 1.56 bits per heavy atom. The molecule has 0 fully saturated rings. The molecule has 0 aliphatic carbocycles. The Kier molecular flexibility index (Phi) is 7.25. The van der Waals surface area contributed by atoms with Gasteiger partial charge in [0, 0.05) is 7.11 Å². The molecule has 0 radical (unpaired) electrons. The number of rotatable bonds is 9. The highest BCUT2D eigenvalue weighted by Crippen LogP contribution is 2.23. The molecule has 0 aromatic carbocycles. The first kappa shape index (κ1) is 15.9. The number of hydrogen-bond donors (Lipinski definition) is 0. The van der Waals surface area contributed by atoms with Crippen LogP contribution in [0.4, 0.5) is 0 Å². The molecule has 0 rings (SSSR count). The van der Waals surface area contributed by atoms with Gasteiger partial charge in [-0.25, -0.2) is 0 Å². The van der Waals surface area contributed by atoms with E-state index in [0.29, 0.717) is 6.61 Å². The number of unbranched alkanes of at least 4 members (excludes halogenated alkanes) is 1. The van der Waals surface area contributed by atoms with Crippen molar-refractivity contribution in [2.24, 2.45) is 0 Å². The van der Waals surface area contributed by atoms with Crippen molar-refractivity contribution in [3.8, 4) is 0 Å². The molecule has 0 amide bonds. The fourth-order valence-electron chi connectivity index (χ4n) is 1.81. The van der Waals surface area contributed by atoms with E-state index in [4.69, 9.17) is 9.47 Å². The third kappa shape index (κ3) is 6.49. The summed E-state index contributed by atoms with van der Waals surface area (Å²) in [6, 6.07) is 0. The topological polar surface area (TPSA) is 18.5 Å². The lowest BCUT2D eigenvalue weighted by atomic mass is 9.98. The number of ether oxygens (including phenoxy) is 2. The van der Waals surface area contributed by atoms with E-state index >= 15 is 0 Å². The molecular formula is C14H30O2. The van der Waals surface area contributed by atoms with Gasteiger partial charge in [0.2, 0.25) is 0 Å². The molecule has 1 unspecified atom stereocenters. The number of methoxy groups -OCH3 is 1. The first-order valence-electron chi connectivity index (χ1n) is 6.58. The molecule has 98 valence electrons. The van der Waals surface area contributed by atoms with Crippen LogP contribution in [0.5, 0.6) is 0 Å². The predicted octanol–water partition coefficient (Wildman–Crippen LogP) is 4.18. The van der Waals surface area contributed by atoms with Crippen molar-refractivity contribution in [1.82, 2.24) is 0 Å². The zero-order valence-electron chi connectivity index (χ0n) is 12.1. The second kappa shape index (κ2) is 7.29. The van der Waals surface area contributed by atoms with Crippen LogP contribution in [-0.4, -0.2) is 24.9 Å². The molecule has 0 spiro atoms. The van der Waals surface area contributed by atoms with Crippen molar-refractivity contribution in [2.75, 3.05) is 13.7 Å². The minimum absolute atomic E-state index is 0.0270. The Labute approximate surface area is 102 Å². The van der Waals surface area contributed by atoms with Crippen LogP contribution in [0.15, 0.2) is 0 Å². The number of hydrogen-bond acceptors (Lipinski definition) is 2. The minimum atomic E-state index is -0.124. The quantitative estimate of drug-likeness (QED) is 0.591. The molecule has 0 heterocycles. The summed E-state index contributed by atoms with van der Waals surface area (Å²) < 4.78 is 11.6. The first-order valence-corrected chi connectivity index (χ1v) is 6.58. The predicted molar refractivity (Wildman–Crippen MR) is 69.9 cm³/mol. The van der Waals surface area contributed by atoms with Crippen LogP contribution in [0.25, 0.3) is 0 Å². The lowest BCUT2D eigenvalue weighted by molar-refractivity contribution is -0.120. The van der Waals surface area contributed by atoms with Crippen LogP contribution < -0.4 is 0 Å². The molecule has 2 heteroatoms. The van der Waals surface area contributed by atoms with Gasteiger partial charge in [-0.1, -0.05) is 33.1 Å². The monoisotopic (exact) mass is 230 g/mol. The average Bonchev–Trinajstić information content (AvgIpc) is 2.24. The van der Waals surface area contributed by atoms with Crippen LogP contribution >= 0.6 is 0 Å². The van der Waals surface area contributed by atoms with Crippen LogP contribution in [-0.2, 0) is 9.47 Å². The zero-order valence-corrected chi connectivity index (χ0v) is 12.1. The van der Waals surface area contributed by atoms with Crippen LogP contribution in [0.2, 0.25) is 0 Å². The van der Waals surface area contributed by atoms with Crippen LogP contribution in [0.3, 0.4) is 0 Å². The van der Waals surface area contributed by atoms with Gasteiger partial charge in [0.15, 0.2) is 0 Å². The second-order valence-electron chi connectivity index (χ2n) is 5.56. The summed E-state index contributed by atoms with van der Waals surface area (Å²) in [5, 5.41) is 0. The molecule has 0 N–H and O–H groups in total. The summed E-state index contributed by atoms with van der Waals surface area (Å²) in [5.74, 6) is 0. The van der Waals surface area contributed by atoms with Crippen molar-refractivity contribution in [3.63, 3.8) is 0 Å². The first-order chi connectivity index (χ1) is 7.39. The third-order valence-electron chi connectivity index (χ3n) is 3.17. The molecule has 0 bridgehead atoms. The normalized spacial score (nSPS) is 16.1. The minimum Gasteiger partial charge on any atom is -0.376 e. The molecular weight excluding hydrogens is 200 g/mol. The molecule has 0 saturated heterocycles. The lowest BCUT2D eigenvalue weighted by Gasteiger charge is -2.33. The van der Waals surface area contributed by atoms with Crippen molar-refractivity contribution in [2.45, 2.75) is 77.9 Å². The Morgan fingerprint density at radius 3 is 2.00 bits per heavy atom. The summed E-state index contributed by atoms with van der Waals surface area (Å²) >= 11 is 0. The molecule has 0 aromatic rings. The molecule has 1 atom stereocenters. The molecule has 2 nitrogen and oxygen atoms in total. The van der Waals surface area contributed by atoms with Crippen molar-refractivity contribution >= 4 is 0 Å². The maximum absolute atomic E-state index is 6.00. The second-order valence-corrected chi connectivity index (χ2v) is 5.56. The van der Waals surface area contributed by atoms with Crippen LogP contribution in [0, 0.1) is 0 Å². The Hall–Kier alpha value is -0.0800. The van der Waals surface area contributed by atoms with E-state index in [9.17, 15) is 0 Å². The summed E-state index contributed by atoms with van der Waals surface area (Å²) in [5.41, 5.74) is -0.151. The lowest BCUT2D eigenvalue weighted by Crippen LogP contribution is -2.38. The molecule has 0 aromatic heterocycles. The van der Waals surface area contributed by atoms with Gasteiger partial charge in [-0.05, 0) is 33.6 Å². The van der Waals surface area contributed by atoms with Crippen molar-refractivity contribution < 1.29 is 9.47 Å². The maximum Gasteiger partial charge on any atom is 0.0883 e. The van der Waals surface area contributed by atoms with E-state index in [2.05, 4.69) is 34.6 Å². The average molecular weight is 230 g/mol. The summed E-state index contributed by atoms with van der Waals surface area (Å²) in [6.07, 6.45) is 5.73. The van der Waals surface area contributed by atoms with Gasteiger partial charge >= 0.3 is 0 Å². The Bertz CT molecular complexity index is 178. The van der Waals surface area contributed by atoms with E-state index in [0.717, 1.165) is 19.3 Å². The van der Waals surface area contributed by atoms with Crippen molar-refractivity contribution in [1.29, 1.82) is 0 Å². The molecule has 16 heavy (non-hydrogen) atoms. The van der Waals surface area contributed by atoms with Gasteiger partial charge in [0.25, 0.3) is 0 Å². The van der Waals surface area contributed by atoms with Gasteiger partial charge in [0.1, 0.15) is 0 Å². The van der Waals surface area contributed by atoms with E-state index in [1.807, 2.05) is 0 Å². The van der Waals surface area contributed by atoms with Crippen molar-refractivity contribution in [3.05, 3.63) is 0 Å². The van der Waals surface area contributed by atoms with E-state index in [-0.39, 0.29) is 11.2 Å². The third-order valence-corrected chi connectivity index (χ3v) is 3.17. The standard InChI is InChI=1S/C14H30O2/c1-7-9-11-14(5,15-6)12-16-13(3,4)10-8-2/h7-12H2,1-6H3. The van der Waals surface area contributed by atoms with Gasteiger partial charge in [-0.15, -0.1) is 0 Å². The molecule has 0 aliphatic rings. The fourth-order valence-corrected chi connectivity index (χ4v) is 1.81. The van der Waals surface area contributed by atoms with Gasteiger partial charge in [0.05, 0.1) is 17.8 Å². The highest BCUT2D eigenvalue weighted by Gasteiger charge is 2.27. The Morgan fingerprint density at radius 1 is 0.938 bits per heavy atom. The van der Waals surface area contributed by atoms with E-state index in [1.165, 1.54) is 12.8 Å². The zero-order chi connectivity index (χ0) is 12.7. The molecule has 0 aliphatic heterocycles. The highest BCUT2D eigenvalue weighted by atomic mass is 16.5. The largest absolute Gasteiger partial charge is 0.376 e. The maximum atomic E-state index is 6.00. The SMILES string of the molecule is CCCCC(C)(COC(C)(C)CCC)OC. The summed E-state index contributed by atoms with van der Waals surface area (Å²) in [6.45, 7) is 11.6. The fraction of sp³-hybridized carbons (Fsp3) is 1.00. The molecule has 0 saturated carbocycles. The van der Waals surface area contributed by atoms with Gasteiger partial charge < -0.3 is 9.47 Å². The van der Waals surface area contributed by atoms with E-state index in [1.54, 1.807) is 7.11 Å². The summed E-state index contributed by atoms with van der Waals surface area (Å²) in [4.78, 5) is 0. The Balaban J connectivity index is 4.11. The van der Waals surface area contributed by atoms with Gasteiger partial charge in [-0.2, -0.15) is 0 Å². The smallest absolute Gasteiger partial charge is 0.0883 e. The van der Waals surface area contributed by atoms with E-state index < -0.39 is 0 Å².